The summed E-state index contributed by atoms with van der Waals surface area (Å²) in [6, 6.07) is 0. The Balaban J connectivity index is 1.90. The van der Waals surface area contributed by atoms with Gasteiger partial charge in [0.15, 0.2) is 0 Å². The number of piperidine rings is 1. The van der Waals surface area contributed by atoms with E-state index in [9.17, 15) is 9.90 Å². The van der Waals surface area contributed by atoms with E-state index in [0.29, 0.717) is 24.0 Å². The lowest BCUT2D eigenvalue weighted by molar-refractivity contribution is -0.123. The summed E-state index contributed by atoms with van der Waals surface area (Å²) in [5.74, 6) is 1.63. The van der Waals surface area contributed by atoms with Crippen LogP contribution >= 0.6 is 0 Å². The second-order valence-electron chi connectivity index (χ2n) is 7.16. The van der Waals surface area contributed by atoms with Crippen molar-refractivity contribution in [1.82, 2.24) is 4.90 Å². The number of nitrogens with zero attached hydrogens (tertiary/aromatic N) is 1. The Hall–Kier alpha value is -0.830. The van der Waals surface area contributed by atoms with Crippen LogP contribution in [0, 0.1) is 23.2 Å². The van der Waals surface area contributed by atoms with Gasteiger partial charge >= 0.3 is 0 Å². The molecule has 19 heavy (non-hydrogen) atoms. The van der Waals surface area contributed by atoms with E-state index in [4.69, 9.17) is 0 Å². The van der Waals surface area contributed by atoms with Crippen LogP contribution in [0.2, 0.25) is 0 Å². The quantitative estimate of drug-likeness (QED) is 0.724. The average molecular weight is 261 g/mol. The second-order valence-corrected chi connectivity index (χ2v) is 7.16. The fourth-order valence-corrected chi connectivity index (χ4v) is 5.48. The highest BCUT2D eigenvalue weighted by molar-refractivity contribution is 5.86. The van der Waals surface area contributed by atoms with Crippen LogP contribution in [0.5, 0.6) is 0 Å². The average Bonchev–Trinajstić information content (AvgIpc) is 2.57. The van der Waals surface area contributed by atoms with Crippen LogP contribution < -0.4 is 0 Å². The number of carbonyl (C=O) groups is 1. The van der Waals surface area contributed by atoms with Gasteiger partial charge in [-0.15, -0.1) is 0 Å². The molecule has 0 unspecified atom stereocenters. The molecular weight excluding hydrogens is 238 g/mol. The third kappa shape index (κ3) is 1.45. The van der Waals surface area contributed by atoms with Crippen LogP contribution in [-0.4, -0.2) is 35.0 Å². The predicted molar refractivity (Wildman–Crippen MR) is 72.3 cm³/mol. The molecular formula is C16H23NO2. The molecule has 3 heteroatoms. The highest BCUT2D eigenvalue weighted by Crippen LogP contribution is 2.62. The third-order valence-corrected chi connectivity index (χ3v) is 6.06. The minimum Gasteiger partial charge on any atom is -0.391 e. The van der Waals surface area contributed by atoms with Crippen molar-refractivity contribution in [2.75, 3.05) is 13.1 Å². The van der Waals surface area contributed by atoms with Crippen molar-refractivity contribution in [3.63, 3.8) is 0 Å². The monoisotopic (exact) mass is 261 g/mol. The van der Waals surface area contributed by atoms with Crippen molar-refractivity contribution in [3.05, 3.63) is 11.8 Å². The third-order valence-electron chi connectivity index (χ3n) is 6.06. The SMILES string of the molecule is C[C@H]1C=C2N3CCC[C@@]24[C@H](CC(=O)[C@H]4C[C@H](O)C3)C1. The molecule has 2 aliphatic carbocycles. The van der Waals surface area contributed by atoms with E-state index >= 15 is 0 Å². The van der Waals surface area contributed by atoms with Crippen LogP contribution in [0.3, 0.4) is 0 Å². The maximum atomic E-state index is 12.5. The number of Topliss-reactive ketones (excluding diaryl/α,β-unsaturated/α-hetero) is 1. The van der Waals surface area contributed by atoms with Gasteiger partial charge in [-0.3, -0.25) is 4.79 Å². The van der Waals surface area contributed by atoms with Crippen LogP contribution in [0.15, 0.2) is 11.8 Å². The highest BCUT2D eigenvalue weighted by atomic mass is 16.3. The van der Waals surface area contributed by atoms with Crippen molar-refractivity contribution < 1.29 is 9.90 Å². The first-order valence-electron chi connectivity index (χ1n) is 7.79. The van der Waals surface area contributed by atoms with Gasteiger partial charge in [0, 0.05) is 36.5 Å². The molecule has 4 rings (SSSR count). The molecule has 2 saturated heterocycles. The van der Waals surface area contributed by atoms with Gasteiger partial charge in [-0.1, -0.05) is 13.0 Å². The largest absolute Gasteiger partial charge is 0.391 e. The Kier molecular flexibility index (Phi) is 2.42. The molecule has 104 valence electrons. The van der Waals surface area contributed by atoms with Gasteiger partial charge in [-0.25, -0.2) is 0 Å². The number of hydrogen-bond acceptors (Lipinski definition) is 3. The predicted octanol–water partition coefficient (Wildman–Crippen LogP) is 1.96. The summed E-state index contributed by atoms with van der Waals surface area (Å²) < 4.78 is 0. The van der Waals surface area contributed by atoms with Crippen LogP contribution in [0.1, 0.15) is 39.0 Å². The summed E-state index contributed by atoms with van der Waals surface area (Å²) in [5, 5.41) is 10.3. The molecule has 3 fully saturated rings. The minimum absolute atomic E-state index is 0.0940. The number of aliphatic hydroxyl groups excluding tert-OH is 1. The van der Waals surface area contributed by atoms with Crippen LogP contribution in [-0.2, 0) is 4.79 Å². The number of rotatable bonds is 0. The first-order chi connectivity index (χ1) is 9.11. The Bertz CT molecular complexity index is 458. The molecule has 2 bridgehead atoms. The van der Waals surface area contributed by atoms with E-state index in [2.05, 4.69) is 17.9 Å². The zero-order valence-corrected chi connectivity index (χ0v) is 11.6. The molecule has 1 spiro atoms. The normalized spacial score (nSPS) is 48.6. The van der Waals surface area contributed by atoms with E-state index in [1.54, 1.807) is 0 Å². The van der Waals surface area contributed by atoms with Gasteiger partial charge in [0.2, 0.25) is 0 Å². The molecule has 3 nitrogen and oxygen atoms in total. The molecule has 4 aliphatic rings. The Morgan fingerprint density at radius 2 is 2.26 bits per heavy atom. The Morgan fingerprint density at radius 3 is 3.11 bits per heavy atom. The van der Waals surface area contributed by atoms with Crippen molar-refractivity contribution in [2.24, 2.45) is 23.2 Å². The van der Waals surface area contributed by atoms with E-state index in [1.165, 1.54) is 12.1 Å². The lowest BCUT2D eigenvalue weighted by Crippen LogP contribution is -2.47. The summed E-state index contributed by atoms with van der Waals surface area (Å²) in [7, 11) is 0. The molecule has 0 aromatic carbocycles. The second kappa shape index (κ2) is 3.85. The lowest BCUT2D eigenvalue weighted by Gasteiger charge is -2.51. The van der Waals surface area contributed by atoms with E-state index in [-0.39, 0.29) is 17.4 Å². The Morgan fingerprint density at radius 1 is 1.42 bits per heavy atom. The fourth-order valence-electron chi connectivity index (χ4n) is 5.48. The van der Waals surface area contributed by atoms with Crippen LogP contribution in [0.4, 0.5) is 0 Å². The van der Waals surface area contributed by atoms with Gasteiger partial charge in [0.05, 0.1) is 6.10 Å². The number of allylic oxidation sites excluding steroid dienone is 2. The summed E-state index contributed by atoms with van der Waals surface area (Å²) in [5.41, 5.74) is 1.52. The van der Waals surface area contributed by atoms with Gasteiger partial charge in [0.25, 0.3) is 0 Å². The number of carbonyl (C=O) groups excluding carboxylic acids is 1. The molecule has 2 aliphatic heterocycles. The maximum Gasteiger partial charge on any atom is 0.137 e. The van der Waals surface area contributed by atoms with Crippen molar-refractivity contribution in [2.45, 2.75) is 45.1 Å². The molecule has 1 N–H and O–H groups in total. The minimum atomic E-state index is -0.329. The zero-order valence-electron chi connectivity index (χ0n) is 11.6. The van der Waals surface area contributed by atoms with Crippen LogP contribution in [0.25, 0.3) is 0 Å². The van der Waals surface area contributed by atoms with E-state index in [1.807, 2.05) is 0 Å². The summed E-state index contributed by atoms with van der Waals surface area (Å²) in [4.78, 5) is 14.9. The summed E-state index contributed by atoms with van der Waals surface area (Å²) in [6.45, 7) is 4.07. The molecule has 0 aromatic rings. The van der Waals surface area contributed by atoms with Crippen molar-refractivity contribution >= 4 is 5.78 Å². The molecule has 0 aromatic heterocycles. The number of ketones is 1. The van der Waals surface area contributed by atoms with Gasteiger partial charge in [0.1, 0.15) is 5.78 Å². The maximum absolute atomic E-state index is 12.5. The topological polar surface area (TPSA) is 40.5 Å². The van der Waals surface area contributed by atoms with Gasteiger partial charge < -0.3 is 10.0 Å². The van der Waals surface area contributed by atoms with Crippen molar-refractivity contribution in [1.29, 1.82) is 0 Å². The molecule has 5 atom stereocenters. The first-order valence-corrected chi connectivity index (χ1v) is 7.79. The van der Waals surface area contributed by atoms with Gasteiger partial charge in [-0.2, -0.15) is 0 Å². The molecule has 0 radical (unpaired) electrons. The van der Waals surface area contributed by atoms with Crippen molar-refractivity contribution in [3.8, 4) is 0 Å². The number of aliphatic hydroxyl groups is 1. The summed E-state index contributed by atoms with van der Waals surface area (Å²) in [6.07, 6.45) is 7.04. The molecule has 0 amide bonds. The summed E-state index contributed by atoms with van der Waals surface area (Å²) >= 11 is 0. The molecule has 1 saturated carbocycles. The standard InChI is InChI=1S/C16H23NO2/c1-10-5-11-7-14(19)13-8-12(18)9-17-4-2-3-16(11,13)15(17)6-10/h6,10-13,18H,2-5,7-9H2,1H3/t10-,11+,12+,13-,16+/m1/s1. The highest BCUT2D eigenvalue weighted by Gasteiger charge is 2.61. The Labute approximate surface area is 114 Å². The fraction of sp³-hybridized carbons (Fsp3) is 0.812. The smallest absolute Gasteiger partial charge is 0.137 e. The van der Waals surface area contributed by atoms with E-state index < -0.39 is 0 Å². The van der Waals surface area contributed by atoms with Gasteiger partial charge in [-0.05, 0) is 37.5 Å². The molecule has 2 heterocycles. The lowest BCUT2D eigenvalue weighted by atomic mass is 9.59. The first kappa shape index (κ1) is 12.0. The zero-order chi connectivity index (χ0) is 13.2. The number of hydrogen-bond donors (Lipinski definition) is 1. The van der Waals surface area contributed by atoms with E-state index in [0.717, 1.165) is 32.4 Å².